The summed E-state index contributed by atoms with van der Waals surface area (Å²) in [5.74, 6) is 0.898. The van der Waals surface area contributed by atoms with Crippen molar-refractivity contribution in [2.75, 3.05) is 5.75 Å². The summed E-state index contributed by atoms with van der Waals surface area (Å²) < 4.78 is 0.936. The number of oxime groups is 1. The first-order chi connectivity index (χ1) is 8.22. The number of nitrogens with zero attached hydrogens (tertiary/aromatic N) is 2. The van der Waals surface area contributed by atoms with Crippen LogP contribution in [0.1, 0.15) is 12.5 Å². The lowest BCUT2D eigenvalue weighted by Crippen LogP contribution is -2.21. The van der Waals surface area contributed by atoms with Gasteiger partial charge in [0, 0.05) is 5.75 Å². The van der Waals surface area contributed by atoms with Gasteiger partial charge in [0.25, 0.3) is 0 Å². The Morgan fingerprint density at radius 1 is 1.41 bits per heavy atom. The van der Waals surface area contributed by atoms with Crippen molar-refractivity contribution in [1.29, 1.82) is 0 Å². The second-order valence-corrected chi connectivity index (χ2v) is 6.76. The van der Waals surface area contributed by atoms with Gasteiger partial charge in [-0.15, -0.1) is 5.16 Å². The minimum Gasteiger partial charge on any atom is -0.411 e. The topological polar surface area (TPSA) is 45.0 Å². The molecule has 0 aliphatic carbocycles. The number of aliphatic imine (C=N–C) groups is 1. The molecule has 1 fully saturated rings. The summed E-state index contributed by atoms with van der Waals surface area (Å²) in [5, 5.41) is 11.7. The molecule has 5 heteroatoms. The number of hydrogen-bond donors (Lipinski definition) is 1. The Morgan fingerprint density at radius 2 is 2.18 bits per heavy atom. The maximum atomic E-state index is 8.59. The molecule has 17 heavy (non-hydrogen) atoms. The highest BCUT2D eigenvalue weighted by atomic mass is 32.2. The molecular weight excluding hydrogens is 252 g/mol. The van der Waals surface area contributed by atoms with Crippen molar-refractivity contribution >= 4 is 34.1 Å². The molecule has 1 aliphatic heterocycles. The van der Waals surface area contributed by atoms with E-state index in [2.05, 4.69) is 29.2 Å². The molecule has 0 aromatic heterocycles. The summed E-state index contributed by atoms with van der Waals surface area (Å²) in [6.45, 7) is 2.76. The highest BCUT2D eigenvalue weighted by Crippen LogP contribution is 2.40. The standard InChI is InChI=1S/C12H14N2OS2/c1-12(8-14-15)9-16-11(17-12)13-7-10-5-3-2-4-6-10/h2-6,8,15H,7,9H2,1H3/b13-11?,14-8-/t12-/m0/s1. The molecule has 0 unspecified atom stereocenters. The van der Waals surface area contributed by atoms with E-state index in [-0.39, 0.29) is 4.75 Å². The highest BCUT2D eigenvalue weighted by molar-refractivity contribution is 8.42. The molecule has 1 aliphatic rings. The van der Waals surface area contributed by atoms with E-state index in [1.54, 1.807) is 29.7 Å². The molecular formula is C12H14N2OS2. The van der Waals surface area contributed by atoms with Gasteiger partial charge in [-0.2, -0.15) is 0 Å². The first-order valence-corrected chi connectivity index (χ1v) is 7.11. The molecule has 2 rings (SSSR count). The van der Waals surface area contributed by atoms with Gasteiger partial charge < -0.3 is 5.21 Å². The van der Waals surface area contributed by atoms with Crippen LogP contribution >= 0.6 is 23.5 Å². The number of thioether (sulfide) groups is 2. The Kier molecular flexibility index (Phi) is 4.12. The molecule has 0 amide bonds. The van der Waals surface area contributed by atoms with E-state index in [0.29, 0.717) is 6.54 Å². The molecule has 1 aromatic carbocycles. The summed E-state index contributed by atoms with van der Waals surface area (Å²) in [7, 11) is 0. The Labute approximate surface area is 109 Å². The van der Waals surface area contributed by atoms with Gasteiger partial charge in [-0.1, -0.05) is 53.9 Å². The molecule has 1 aromatic rings. The van der Waals surface area contributed by atoms with Crippen molar-refractivity contribution < 1.29 is 5.21 Å². The van der Waals surface area contributed by atoms with Gasteiger partial charge in [0.15, 0.2) is 0 Å². The lowest BCUT2D eigenvalue weighted by Gasteiger charge is -2.12. The largest absolute Gasteiger partial charge is 0.411 e. The Bertz CT molecular complexity index is 433. The molecule has 90 valence electrons. The van der Waals surface area contributed by atoms with Crippen molar-refractivity contribution in [2.24, 2.45) is 10.1 Å². The minimum absolute atomic E-state index is 0.130. The quantitative estimate of drug-likeness (QED) is 0.519. The third-order valence-corrected chi connectivity index (χ3v) is 5.29. The van der Waals surface area contributed by atoms with Crippen LogP contribution in [-0.4, -0.2) is 26.3 Å². The van der Waals surface area contributed by atoms with Gasteiger partial charge in [-0.25, -0.2) is 0 Å². The zero-order valence-electron chi connectivity index (χ0n) is 9.54. The van der Waals surface area contributed by atoms with Gasteiger partial charge in [0.2, 0.25) is 0 Å². The Balaban J connectivity index is 1.97. The average Bonchev–Trinajstić information content (AvgIpc) is 2.70. The second-order valence-electron chi connectivity index (χ2n) is 4.02. The maximum absolute atomic E-state index is 8.59. The smallest absolute Gasteiger partial charge is 0.125 e. The fourth-order valence-corrected chi connectivity index (χ4v) is 4.13. The first-order valence-electron chi connectivity index (χ1n) is 5.31. The van der Waals surface area contributed by atoms with Crippen molar-refractivity contribution in [3.63, 3.8) is 0 Å². The predicted molar refractivity (Wildman–Crippen MR) is 76.3 cm³/mol. The van der Waals surface area contributed by atoms with Crippen molar-refractivity contribution in [1.82, 2.24) is 0 Å². The van der Waals surface area contributed by atoms with Crippen LogP contribution in [0.15, 0.2) is 40.5 Å². The van der Waals surface area contributed by atoms with E-state index in [4.69, 9.17) is 5.21 Å². The van der Waals surface area contributed by atoms with Crippen LogP contribution in [-0.2, 0) is 6.54 Å². The van der Waals surface area contributed by atoms with Crippen LogP contribution in [0.3, 0.4) is 0 Å². The molecule has 1 atom stereocenters. The molecule has 1 saturated heterocycles. The average molecular weight is 266 g/mol. The van der Waals surface area contributed by atoms with Gasteiger partial charge in [0.1, 0.15) is 4.38 Å². The van der Waals surface area contributed by atoms with Crippen LogP contribution < -0.4 is 0 Å². The molecule has 1 N–H and O–H groups in total. The lowest BCUT2D eigenvalue weighted by molar-refractivity contribution is 0.320. The molecule has 0 spiro atoms. The molecule has 0 bridgehead atoms. The van der Waals surface area contributed by atoms with Crippen LogP contribution in [0, 0.1) is 0 Å². The van der Waals surface area contributed by atoms with Gasteiger partial charge in [-0.3, -0.25) is 4.99 Å². The van der Waals surface area contributed by atoms with E-state index < -0.39 is 0 Å². The zero-order chi connectivity index (χ0) is 12.1. The fraction of sp³-hybridized carbons (Fsp3) is 0.333. The van der Waals surface area contributed by atoms with E-state index in [1.807, 2.05) is 18.2 Å². The van der Waals surface area contributed by atoms with E-state index in [1.165, 1.54) is 5.56 Å². The first kappa shape index (κ1) is 12.5. The second kappa shape index (κ2) is 5.60. The summed E-state index contributed by atoms with van der Waals surface area (Å²) in [5.41, 5.74) is 1.21. The zero-order valence-corrected chi connectivity index (χ0v) is 11.2. The van der Waals surface area contributed by atoms with Crippen molar-refractivity contribution in [2.45, 2.75) is 18.2 Å². The molecule has 0 radical (unpaired) electrons. The minimum atomic E-state index is -0.130. The number of benzene rings is 1. The molecule has 3 nitrogen and oxygen atoms in total. The van der Waals surface area contributed by atoms with Crippen LogP contribution in [0.25, 0.3) is 0 Å². The highest BCUT2D eigenvalue weighted by Gasteiger charge is 2.33. The lowest BCUT2D eigenvalue weighted by atomic mass is 10.2. The summed E-state index contributed by atoms with van der Waals surface area (Å²) >= 11 is 3.38. The summed E-state index contributed by atoms with van der Waals surface area (Å²) in [4.78, 5) is 4.57. The third kappa shape index (κ3) is 3.51. The Hall–Kier alpha value is -0.940. The third-order valence-electron chi connectivity index (χ3n) is 2.37. The Morgan fingerprint density at radius 3 is 2.88 bits per heavy atom. The van der Waals surface area contributed by atoms with Crippen molar-refractivity contribution in [3.8, 4) is 0 Å². The van der Waals surface area contributed by atoms with Crippen molar-refractivity contribution in [3.05, 3.63) is 35.9 Å². The summed E-state index contributed by atoms with van der Waals surface area (Å²) in [6, 6.07) is 10.2. The fourth-order valence-electron chi connectivity index (χ4n) is 1.47. The van der Waals surface area contributed by atoms with E-state index in [0.717, 1.165) is 10.1 Å². The number of rotatable bonds is 3. The molecule has 0 saturated carbocycles. The number of hydrogen-bond acceptors (Lipinski definition) is 5. The van der Waals surface area contributed by atoms with Gasteiger partial charge >= 0.3 is 0 Å². The normalized spacial score (nSPS) is 27.0. The van der Waals surface area contributed by atoms with Gasteiger partial charge in [-0.05, 0) is 12.5 Å². The maximum Gasteiger partial charge on any atom is 0.125 e. The van der Waals surface area contributed by atoms with Gasteiger partial charge in [0.05, 0.1) is 17.5 Å². The predicted octanol–water partition coefficient (Wildman–Crippen LogP) is 3.24. The van der Waals surface area contributed by atoms with Crippen LogP contribution in [0.4, 0.5) is 0 Å². The van der Waals surface area contributed by atoms with E-state index >= 15 is 0 Å². The van der Waals surface area contributed by atoms with Crippen LogP contribution in [0.5, 0.6) is 0 Å². The van der Waals surface area contributed by atoms with Crippen LogP contribution in [0.2, 0.25) is 0 Å². The SMILES string of the molecule is C[C@]1(/C=N\O)CSC(=NCc2ccccc2)S1. The molecule has 1 heterocycles. The monoisotopic (exact) mass is 266 g/mol. The summed E-state index contributed by atoms with van der Waals surface area (Å²) in [6.07, 6.45) is 1.58. The van der Waals surface area contributed by atoms with E-state index in [9.17, 15) is 0 Å².